The van der Waals surface area contributed by atoms with Gasteiger partial charge < -0.3 is 4.74 Å². The normalized spacial score (nSPS) is 11.9. The number of hydrazine groups is 1. The van der Waals surface area contributed by atoms with Gasteiger partial charge in [-0.3, -0.25) is 20.4 Å². The van der Waals surface area contributed by atoms with E-state index in [2.05, 4.69) is 16.0 Å². The molecule has 0 bridgehead atoms. The molecular formula is C23H21Cl2FN4O3. The molecule has 0 saturated carbocycles. The minimum atomic E-state index is -1.03. The Kier molecular flexibility index (Phi) is 8.08. The van der Waals surface area contributed by atoms with Gasteiger partial charge in [0.25, 0.3) is 11.8 Å². The first-order valence-corrected chi connectivity index (χ1v) is 10.7. The van der Waals surface area contributed by atoms with E-state index in [1.54, 1.807) is 29.8 Å². The number of carbonyl (C=O) groups excluding carboxylic acids is 2. The summed E-state index contributed by atoms with van der Waals surface area (Å²) in [4.78, 5) is 24.2. The van der Waals surface area contributed by atoms with Crippen LogP contribution in [-0.2, 0) is 16.1 Å². The molecule has 1 heterocycles. The lowest BCUT2D eigenvalue weighted by molar-refractivity contribution is -0.131. The molecule has 1 unspecified atom stereocenters. The van der Waals surface area contributed by atoms with Crippen LogP contribution in [0.5, 0.6) is 5.75 Å². The fourth-order valence-corrected chi connectivity index (χ4v) is 3.26. The van der Waals surface area contributed by atoms with Gasteiger partial charge in [-0.05, 0) is 49.8 Å². The number of benzene rings is 2. The van der Waals surface area contributed by atoms with Gasteiger partial charge in [0.1, 0.15) is 5.15 Å². The van der Waals surface area contributed by atoms with E-state index >= 15 is 0 Å². The second kappa shape index (κ2) is 11.0. The van der Waals surface area contributed by atoms with Crippen LogP contribution in [0.25, 0.3) is 6.08 Å². The lowest BCUT2D eigenvalue weighted by atomic mass is 10.2. The molecule has 1 atom stereocenters. The van der Waals surface area contributed by atoms with E-state index < -0.39 is 23.7 Å². The predicted octanol–water partition coefficient (Wildman–Crippen LogP) is 4.31. The van der Waals surface area contributed by atoms with Gasteiger partial charge in [0.2, 0.25) is 0 Å². The number of amides is 2. The van der Waals surface area contributed by atoms with Crippen LogP contribution < -0.4 is 15.6 Å². The fourth-order valence-electron chi connectivity index (χ4n) is 2.83. The third-order valence-corrected chi connectivity index (χ3v) is 5.23. The second-order valence-electron chi connectivity index (χ2n) is 7.08. The molecular weight excluding hydrogens is 470 g/mol. The molecule has 0 radical (unpaired) electrons. The minimum absolute atomic E-state index is 0.0629. The summed E-state index contributed by atoms with van der Waals surface area (Å²) >= 11 is 12.3. The number of nitrogens with zero attached hydrogens (tertiary/aromatic N) is 2. The molecule has 172 valence electrons. The van der Waals surface area contributed by atoms with Crippen LogP contribution in [-0.4, -0.2) is 27.7 Å². The number of para-hydroxylation sites is 1. The van der Waals surface area contributed by atoms with Crippen molar-refractivity contribution in [1.82, 2.24) is 20.6 Å². The SMILES string of the molecule is Cc1nn(Cc2ccc(Cl)cc2)c(Cl)c1/C=C/C(=O)NNC(=O)C(C)Oc1ccccc1F. The molecule has 0 aliphatic rings. The third kappa shape index (κ3) is 6.57. The summed E-state index contributed by atoms with van der Waals surface area (Å²) in [6, 6.07) is 13.0. The van der Waals surface area contributed by atoms with E-state index in [1.165, 1.54) is 37.3 Å². The number of ether oxygens (including phenoxy) is 1. The summed E-state index contributed by atoms with van der Waals surface area (Å²) in [6.45, 7) is 3.64. The Morgan fingerprint density at radius 3 is 2.55 bits per heavy atom. The number of aromatic nitrogens is 2. The van der Waals surface area contributed by atoms with Crippen LogP contribution in [0.15, 0.2) is 54.6 Å². The van der Waals surface area contributed by atoms with E-state index in [9.17, 15) is 14.0 Å². The molecule has 0 fully saturated rings. The molecule has 3 aromatic rings. The van der Waals surface area contributed by atoms with Crippen molar-refractivity contribution < 1.29 is 18.7 Å². The van der Waals surface area contributed by atoms with Crippen molar-refractivity contribution in [2.24, 2.45) is 0 Å². The first-order valence-electron chi connectivity index (χ1n) is 9.91. The first-order chi connectivity index (χ1) is 15.7. The lowest BCUT2D eigenvalue weighted by Crippen LogP contribution is -2.46. The summed E-state index contributed by atoms with van der Waals surface area (Å²) in [7, 11) is 0. The van der Waals surface area contributed by atoms with E-state index in [-0.39, 0.29) is 5.75 Å². The number of rotatable bonds is 7. The zero-order valence-electron chi connectivity index (χ0n) is 17.8. The molecule has 7 nitrogen and oxygen atoms in total. The molecule has 0 aliphatic carbocycles. The molecule has 2 aromatic carbocycles. The topological polar surface area (TPSA) is 85.3 Å². The lowest BCUT2D eigenvalue weighted by Gasteiger charge is -2.15. The van der Waals surface area contributed by atoms with E-state index in [0.717, 1.165) is 5.56 Å². The maximum absolute atomic E-state index is 13.6. The molecule has 2 N–H and O–H groups in total. The summed E-state index contributed by atoms with van der Waals surface area (Å²) in [6.07, 6.45) is 1.68. The van der Waals surface area contributed by atoms with E-state index in [0.29, 0.717) is 28.0 Å². The van der Waals surface area contributed by atoms with Gasteiger partial charge in [0.05, 0.1) is 12.2 Å². The van der Waals surface area contributed by atoms with Crippen molar-refractivity contribution >= 4 is 41.1 Å². The maximum Gasteiger partial charge on any atom is 0.279 e. The largest absolute Gasteiger partial charge is 0.478 e. The van der Waals surface area contributed by atoms with Crippen molar-refractivity contribution in [2.45, 2.75) is 26.5 Å². The van der Waals surface area contributed by atoms with Crippen molar-refractivity contribution in [3.8, 4) is 5.75 Å². The van der Waals surface area contributed by atoms with Crippen LogP contribution >= 0.6 is 23.2 Å². The Morgan fingerprint density at radius 2 is 1.85 bits per heavy atom. The zero-order chi connectivity index (χ0) is 24.0. The monoisotopic (exact) mass is 490 g/mol. The molecule has 10 heteroatoms. The van der Waals surface area contributed by atoms with Crippen molar-refractivity contribution in [2.75, 3.05) is 0 Å². The maximum atomic E-state index is 13.6. The van der Waals surface area contributed by atoms with Crippen molar-refractivity contribution in [3.63, 3.8) is 0 Å². The Hall–Kier alpha value is -3.36. The number of aryl methyl sites for hydroxylation is 1. The average Bonchev–Trinajstić information content (AvgIpc) is 3.05. The molecule has 0 spiro atoms. The fraction of sp³-hybridized carbons (Fsp3) is 0.174. The first kappa shape index (κ1) is 24.3. The number of halogens is 3. The summed E-state index contributed by atoms with van der Waals surface area (Å²) < 4.78 is 20.5. The van der Waals surface area contributed by atoms with E-state index in [4.69, 9.17) is 27.9 Å². The number of hydrogen-bond donors (Lipinski definition) is 2. The molecule has 0 saturated heterocycles. The van der Waals surface area contributed by atoms with E-state index in [1.807, 2.05) is 12.1 Å². The quantitative estimate of drug-likeness (QED) is 0.381. The van der Waals surface area contributed by atoms with Gasteiger partial charge in [0.15, 0.2) is 17.7 Å². The molecule has 1 aromatic heterocycles. The van der Waals surface area contributed by atoms with Gasteiger partial charge in [-0.1, -0.05) is 47.5 Å². The van der Waals surface area contributed by atoms with Gasteiger partial charge in [-0.15, -0.1) is 0 Å². The summed E-state index contributed by atoms with van der Waals surface area (Å²) in [5, 5.41) is 5.40. The number of nitrogens with one attached hydrogen (secondary N) is 2. The summed E-state index contributed by atoms with van der Waals surface area (Å²) in [5.41, 5.74) is 6.64. The summed E-state index contributed by atoms with van der Waals surface area (Å²) in [5.74, 6) is -1.90. The highest BCUT2D eigenvalue weighted by Crippen LogP contribution is 2.23. The molecule has 33 heavy (non-hydrogen) atoms. The van der Waals surface area contributed by atoms with Gasteiger partial charge in [-0.2, -0.15) is 5.10 Å². The van der Waals surface area contributed by atoms with Crippen molar-refractivity contribution in [1.29, 1.82) is 0 Å². The van der Waals surface area contributed by atoms with Gasteiger partial charge in [0, 0.05) is 16.7 Å². The highest BCUT2D eigenvalue weighted by atomic mass is 35.5. The Balaban J connectivity index is 1.55. The highest BCUT2D eigenvalue weighted by Gasteiger charge is 2.17. The zero-order valence-corrected chi connectivity index (χ0v) is 19.3. The smallest absolute Gasteiger partial charge is 0.279 e. The van der Waals surface area contributed by atoms with Crippen LogP contribution in [0, 0.1) is 12.7 Å². The van der Waals surface area contributed by atoms with Crippen LogP contribution in [0.2, 0.25) is 10.2 Å². The Bertz CT molecular complexity index is 1180. The standard InChI is InChI=1S/C23H21Cl2FN4O3/c1-14-18(22(25)30(29-14)13-16-7-9-17(24)10-8-16)11-12-21(31)27-28-23(32)15(2)33-20-6-4-3-5-19(20)26/h3-12,15H,13H2,1-2H3,(H,27,31)(H,28,32)/b12-11+. The van der Waals surface area contributed by atoms with Gasteiger partial charge in [-0.25, -0.2) is 9.07 Å². The van der Waals surface area contributed by atoms with Crippen LogP contribution in [0.1, 0.15) is 23.7 Å². The third-order valence-electron chi connectivity index (χ3n) is 4.57. The molecule has 0 aliphatic heterocycles. The minimum Gasteiger partial charge on any atom is -0.478 e. The Morgan fingerprint density at radius 1 is 1.15 bits per heavy atom. The Labute approximate surface area is 200 Å². The van der Waals surface area contributed by atoms with Crippen molar-refractivity contribution in [3.05, 3.63) is 87.4 Å². The highest BCUT2D eigenvalue weighted by molar-refractivity contribution is 6.31. The second-order valence-corrected chi connectivity index (χ2v) is 7.87. The molecule has 3 rings (SSSR count). The van der Waals surface area contributed by atoms with Crippen LogP contribution in [0.3, 0.4) is 0 Å². The van der Waals surface area contributed by atoms with Crippen LogP contribution in [0.4, 0.5) is 4.39 Å². The number of carbonyl (C=O) groups is 2. The molecule has 2 amide bonds. The number of hydrogen-bond acceptors (Lipinski definition) is 4. The predicted molar refractivity (Wildman–Crippen MR) is 124 cm³/mol. The average molecular weight is 491 g/mol. The van der Waals surface area contributed by atoms with Gasteiger partial charge >= 0.3 is 0 Å².